The third-order valence-electron chi connectivity index (χ3n) is 8.78. The van der Waals surface area contributed by atoms with Crippen molar-refractivity contribution in [1.29, 1.82) is 0 Å². The number of carboxylic acid groups (broad SMARTS) is 1. The van der Waals surface area contributed by atoms with Gasteiger partial charge in [-0.2, -0.15) is 0 Å². The fourth-order valence-electron chi connectivity index (χ4n) is 6.47. The van der Waals surface area contributed by atoms with E-state index >= 15 is 0 Å². The van der Waals surface area contributed by atoms with Crippen molar-refractivity contribution in [3.8, 4) is 16.9 Å². The lowest BCUT2D eigenvalue weighted by molar-refractivity contribution is -0.139. The first-order valence-electron chi connectivity index (χ1n) is 16.5. The fourth-order valence-corrected chi connectivity index (χ4v) is 8.03. The van der Waals surface area contributed by atoms with Crippen molar-refractivity contribution in [3.63, 3.8) is 0 Å². The van der Waals surface area contributed by atoms with Gasteiger partial charge in [-0.1, -0.05) is 48.5 Å². The number of amides is 2. The highest BCUT2D eigenvalue weighted by molar-refractivity contribution is 7.90. The molecule has 0 saturated carbocycles. The van der Waals surface area contributed by atoms with Crippen LogP contribution in [0.2, 0.25) is 0 Å². The molecule has 0 bridgehead atoms. The zero-order valence-corrected chi connectivity index (χ0v) is 30.8. The predicted octanol–water partition coefficient (Wildman–Crippen LogP) is 5.48. The molecule has 3 aromatic rings. The van der Waals surface area contributed by atoms with E-state index in [9.17, 15) is 27.9 Å². The average Bonchev–Trinajstić information content (AvgIpc) is 3.53. The maximum absolute atomic E-state index is 14.0. The molecule has 51 heavy (non-hydrogen) atoms. The largest absolute Gasteiger partial charge is 0.487 e. The van der Waals surface area contributed by atoms with Gasteiger partial charge in [-0.05, 0) is 94.3 Å². The number of nitrogens with zero attached hydrogens (tertiary/aromatic N) is 1. The van der Waals surface area contributed by atoms with Crippen molar-refractivity contribution >= 4 is 34.1 Å². The van der Waals surface area contributed by atoms with Crippen LogP contribution >= 0.6 is 0 Å². The Hall–Kier alpha value is -5.11. The average molecular weight is 721 g/mol. The molecule has 3 aromatic carbocycles. The lowest BCUT2D eigenvalue weighted by atomic mass is 9.94. The van der Waals surface area contributed by atoms with Gasteiger partial charge >= 0.3 is 18.2 Å². The summed E-state index contributed by atoms with van der Waals surface area (Å²) in [6, 6.07) is 13.9. The smallest absolute Gasteiger partial charge is 0.414 e. The number of ether oxygens (including phenoxy) is 3. The number of fused-ring (bicyclic) bond motifs is 4. The Balaban J connectivity index is 1.36. The number of rotatable bonds is 8. The Bertz CT molecular complexity index is 1990. The molecule has 14 heteroatoms. The maximum Gasteiger partial charge on any atom is 0.414 e. The molecule has 1 aliphatic heterocycles. The highest BCUT2D eigenvalue weighted by atomic mass is 32.2. The molecule has 1 atom stereocenters. The summed E-state index contributed by atoms with van der Waals surface area (Å²) >= 11 is 0. The van der Waals surface area contributed by atoms with E-state index in [-0.39, 0.29) is 17.4 Å². The molecule has 4 N–H and O–H groups in total. The first kappa shape index (κ1) is 37.2. The topological polar surface area (TPSA) is 182 Å². The van der Waals surface area contributed by atoms with Crippen LogP contribution in [0, 0.1) is 20.8 Å². The van der Waals surface area contributed by atoms with Crippen molar-refractivity contribution in [1.82, 2.24) is 15.4 Å². The number of hydrogen-bond donors (Lipinski definition) is 4. The molecule has 2 amide bonds. The normalized spacial score (nSPS) is 15.5. The van der Waals surface area contributed by atoms with Gasteiger partial charge in [-0.15, -0.1) is 0 Å². The van der Waals surface area contributed by atoms with Crippen LogP contribution < -0.4 is 20.1 Å². The van der Waals surface area contributed by atoms with E-state index in [4.69, 9.17) is 14.2 Å². The van der Waals surface area contributed by atoms with Crippen molar-refractivity contribution in [2.45, 2.75) is 89.9 Å². The molecule has 0 saturated heterocycles. The summed E-state index contributed by atoms with van der Waals surface area (Å²) in [7, 11) is -4.42. The standard InChI is InChI=1S/C37H44N4O9S/c1-20-21(2)31(22(3)27-17-37(7,8)49-30(20)27)51(46,47)41-33(40-35(45)50-36(4,5)6)38-18-29(32(42)43)39-34(44)48-19-28-25-15-11-9-13-23(25)24-14-10-12-16-26(24)28/h9-16,28-29H,17-19H2,1-8H3,(H,39,44)(H,42,43)(H2,38,40,41,45)/t29-/m1/s1. The van der Waals surface area contributed by atoms with Gasteiger partial charge in [0.15, 0.2) is 0 Å². The van der Waals surface area contributed by atoms with Crippen molar-refractivity contribution in [2.24, 2.45) is 4.99 Å². The number of aliphatic imine (C=N–C) groups is 1. The summed E-state index contributed by atoms with van der Waals surface area (Å²) in [5.74, 6) is -1.68. The number of carbonyl (C=O) groups is 3. The molecule has 0 spiro atoms. The minimum atomic E-state index is -4.42. The SMILES string of the molecule is Cc1c(C)c(S(=O)(=O)NC(=NC[C@@H](NC(=O)OCC2c3ccccc3-c3ccccc32)C(=O)O)NC(=O)OC(C)(C)C)c(C)c2c1OC(C)(C)C2. The second-order valence-electron chi connectivity index (χ2n) is 14.3. The molecule has 0 aromatic heterocycles. The highest BCUT2D eigenvalue weighted by Crippen LogP contribution is 2.45. The van der Waals surface area contributed by atoms with Crippen LogP contribution in [0.25, 0.3) is 11.1 Å². The second-order valence-corrected chi connectivity index (χ2v) is 16.0. The van der Waals surface area contributed by atoms with Crippen molar-refractivity contribution in [3.05, 3.63) is 81.9 Å². The number of nitrogens with one attached hydrogen (secondary N) is 3. The number of hydrogen-bond acceptors (Lipinski definition) is 9. The van der Waals surface area contributed by atoms with E-state index in [0.29, 0.717) is 28.9 Å². The Morgan fingerprint density at radius 3 is 2.12 bits per heavy atom. The van der Waals surface area contributed by atoms with Gasteiger partial charge in [0.25, 0.3) is 10.0 Å². The lowest BCUT2D eigenvalue weighted by Crippen LogP contribution is -2.48. The monoisotopic (exact) mass is 720 g/mol. The Kier molecular flexibility index (Phi) is 10.1. The van der Waals surface area contributed by atoms with Crippen molar-refractivity contribution < 1.29 is 42.1 Å². The number of guanidine groups is 1. The van der Waals surface area contributed by atoms with Crippen LogP contribution in [0.5, 0.6) is 5.75 Å². The van der Waals surface area contributed by atoms with Crippen LogP contribution in [0.15, 0.2) is 58.4 Å². The van der Waals surface area contributed by atoms with Crippen LogP contribution in [0.3, 0.4) is 0 Å². The number of alkyl carbamates (subject to hydrolysis) is 2. The lowest BCUT2D eigenvalue weighted by Gasteiger charge is -2.22. The molecule has 272 valence electrons. The van der Waals surface area contributed by atoms with E-state index in [2.05, 4.69) is 20.3 Å². The Labute approximate surface area is 297 Å². The maximum atomic E-state index is 14.0. The quantitative estimate of drug-likeness (QED) is 0.173. The van der Waals surface area contributed by atoms with E-state index in [0.717, 1.165) is 27.8 Å². The van der Waals surface area contributed by atoms with Gasteiger partial charge in [0.05, 0.1) is 11.4 Å². The number of benzene rings is 3. The summed E-state index contributed by atoms with van der Waals surface area (Å²) in [5.41, 5.74) is 4.87. The number of carbonyl (C=O) groups excluding carboxylic acids is 2. The summed E-state index contributed by atoms with van der Waals surface area (Å²) in [4.78, 5) is 42.0. The summed E-state index contributed by atoms with van der Waals surface area (Å²) in [5, 5.41) is 14.5. The van der Waals surface area contributed by atoms with Crippen LogP contribution in [-0.2, 0) is 30.7 Å². The van der Waals surface area contributed by atoms with Crippen LogP contribution in [0.4, 0.5) is 9.59 Å². The Morgan fingerprint density at radius 1 is 0.961 bits per heavy atom. The molecule has 0 radical (unpaired) electrons. The van der Waals surface area contributed by atoms with Gasteiger partial charge in [0, 0.05) is 17.9 Å². The Morgan fingerprint density at radius 2 is 1.55 bits per heavy atom. The third kappa shape index (κ3) is 8.11. The van der Waals surface area contributed by atoms with E-state index in [1.54, 1.807) is 41.5 Å². The van der Waals surface area contributed by atoms with Gasteiger partial charge < -0.3 is 24.6 Å². The van der Waals surface area contributed by atoms with E-state index in [1.165, 1.54) is 0 Å². The van der Waals surface area contributed by atoms with Crippen LogP contribution in [0.1, 0.15) is 73.9 Å². The minimum Gasteiger partial charge on any atom is -0.487 e. The molecule has 0 fully saturated rings. The fraction of sp³-hybridized carbons (Fsp3) is 0.405. The van der Waals surface area contributed by atoms with Crippen LogP contribution in [-0.4, -0.2) is 68.0 Å². The molecule has 1 heterocycles. The molecule has 2 aliphatic rings. The summed E-state index contributed by atoms with van der Waals surface area (Å²) < 4.78 is 47.2. The van der Waals surface area contributed by atoms with Gasteiger partial charge in [-0.25, -0.2) is 32.5 Å². The first-order valence-corrected chi connectivity index (χ1v) is 18.0. The molecule has 13 nitrogen and oxygen atoms in total. The number of carboxylic acids is 1. The molecule has 1 aliphatic carbocycles. The predicted molar refractivity (Wildman–Crippen MR) is 191 cm³/mol. The second kappa shape index (κ2) is 13.9. The molecular weight excluding hydrogens is 676 g/mol. The van der Waals surface area contributed by atoms with E-state index < -0.39 is 57.9 Å². The van der Waals surface area contributed by atoms with Crippen molar-refractivity contribution in [2.75, 3.05) is 13.2 Å². The zero-order chi connectivity index (χ0) is 37.5. The third-order valence-corrected chi connectivity index (χ3v) is 10.4. The van der Waals surface area contributed by atoms with E-state index in [1.807, 2.05) is 62.4 Å². The van der Waals surface area contributed by atoms with Gasteiger partial charge in [0.1, 0.15) is 29.6 Å². The minimum absolute atomic E-state index is 0.0229. The summed E-state index contributed by atoms with van der Waals surface area (Å²) in [6.07, 6.45) is -1.56. The molecular formula is C37H44N4O9S. The highest BCUT2D eigenvalue weighted by Gasteiger charge is 2.37. The van der Waals surface area contributed by atoms with Gasteiger partial charge in [-0.3, -0.25) is 5.32 Å². The number of aliphatic carboxylic acids is 1. The number of sulfonamides is 1. The molecule has 0 unspecified atom stereocenters. The first-order chi connectivity index (χ1) is 23.8. The van der Waals surface area contributed by atoms with Gasteiger partial charge in [0.2, 0.25) is 5.96 Å². The zero-order valence-electron chi connectivity index (χ0n) is 30.0. The summed E-state index contributed by atoms with van der Waals surface area (Å²) in [6.45, 7) is 13.1. The molecule has 5 rings (SSSR count).